The molecule has 1 saturated heterocycles. The van der Waals surface area contributed by atoms with Gasteiger partial charge in [0.15, 0.2) is 0 Å². The van der Waals surface area contributed by atoms with Crippen LogP contribution in [0.4, 0.5) is 0 Å². The van der Waals surface area contributed by atoms with Crippen LogP contribution >= 0.6 is 22.6 Å². The van der Waals surface area contributed by atoms with E-state index in [0.29, 0.717) is 15.5 Å². The van der Waals surface area contributed by atoms with E-state index in [0.717, 1.165) is 85.6 Å². The third-order valence-electron chi connectivity index (χ3n) is 8.00. The molecule has 1 unspecified atom stereocenters. The fourth-order valence-electron chi connectivity index (χ4n) is 5.71. The monoisotopic (exact) mass is 607 g/mol. The Morgan fingerprint density at radius 3 is 2.46 bits per heavy atom. The highest BCUT2D eigenvalue weighted by molar-refractivity contribution is 14.1. The fraction of sp³-hybridized carbons (Fsp3) is 0.433. The molecule has 3 aromatic rings. The number of aryl methyl sites for hydroxylation is 2. The molecule has 1 N–H and O–H groups in total. The molecule has 2 aromatic carbocycles. The van der Waals surface area contributed by atoms with Crippen molar-refractivity contribution < 1.29 is 4.79 Å². The van der Waals surface area contributed by atoms with E-state index in [-0.39, 0.29) is 5.91 Å². The number of nitrogens with one attached hydrogen (secondary N) is 1. The zero-order valence-corrected chi connectivity index (χ0v) is 24.0. The molecule has 37 heavy (non-hydrogen) atoms. The van der Waals surface area contributed by atoms with Gasteiger partial charge in [0.25, 0.3) is 5.91 Å². The van der Waals surface area contributed by atoms with Crippen LogP contribution in [0.3, 0.4) is 0 Å². The lowest BCUT2D eigenvalue weighted by Gasteiger charge is -2.32. The van der Waals surface area contributed by atoms with Crippen molar-refractivity contribution in [3.05, 3.63) is 75.6 Å². The topological polar surface area (TPSA) is 76.0 Å². The number of carbonyl (C=O) groups is 1. The lowest BCUT2D eigenvalue weighted by molar-refractivity contribution is 0.0712. The summed E-state index contributed by atoms with van der Waals surface area (Å²) in [6, 6.07) is 14.2. The molecule has 1 fully saturated rings. The van der Waals surface area contributed by atoms with Gasteiger partial charge >= 0.3 is 0 Å². The molecule has 0 spiro atoms. The summed E-state index contributed by atoms with van der Waals surface area (Å²) in [5.41, 5.74) is 8.28. The lowest BCUT2D eigenvalue weighted by Crippen LogP contribution is -2.38. The summed E-state index contributed by atoms with van der Waals surface area (Å²) in [5.74, 6) is 1.42. The molecule has 0 bridgehead atoms. The predicted octanol–water partition coefficient (Wildman–Crippen LogP) is 5.77. The molecule has 5 rings (SSSR count). The number of carbonyl (C=O) groups excluding carboxylic acids is 1. The molecule has 2 aliphatic heterocycles. The summed E-state index contributed by atoms with van der Waals surface area (Å²) in [6.07, 6.45) is 3.80. The van der Waals surface area contributed by atoms with E-state index in [1.165, 1.54) is 11.3 Å². The fourth-order valence-corrected chi connectivity index (χ4v) is 6.27. The molecule has 192 valence electrons. The highest BCUT2D eigenvalue weighted by atomic mass is 127. The number of hydrogen-bond acceptors (Lipinski definition) is 4. The van der Waals surface area contributed by atoms with E-state index in [1.807, 2.05) is 24.0 Å². The maximum atomic E-state index is 13.6. The van der Waals surface area contributed by atoms with Gasteiger partial charge in [-0.05, 0) is 74.4 Å². The SMILES string of the molecule is Cc1cc(C)c(-c2nc3c([nH]2)CCN(C(C)I)CC3)cc1C(=O)N1CCC(c2ccc(C#N)cc2)CC1. The van der Waals surface area contributed by atoms with Crippen LogP contribution in [0.2, 0.25) is 0 Å². The van der Waals surface area contributed by atoms with Gasteiger partial charge in [-0.1, -0.05) is 40.8 Å². The second-order valence-electron chi connectivity index (χ2n) is 10.4. The molecule has 1 aromatic heterocycles. The first-order valence-electron chi connectivity index (χ1n) is 13.2. The molecule has 6 nitrogen and oxygen atoms in total. The van der Waals surface area contributed by atoms with Gasteiger partial charge in [0.05, 0.1) is 21.4 Å². The second kappa shape index (κ2) is 11.0. The first-order chi connectivity index (χ1) is 17.8. The van der Waals surface area contributed by atoms with E-state index in [9.17, 15) is 4.79 Å². The number of H-pyrrole nitrogens is 1. The molecular weight excluding hydrogens is 573 g/mol. The molecule has 3 heterocycles. The summed E-state index contributed by atoms with van der Waals surface area (Å²) in [6.45, 7) is 9.92. The smallest absolute Gasteiger partial charge is 0.254 e. The van der Waals surface area contributed by atoms with Crippen LogP contribution in [-0.2, 0) is 12.8 Å². The van der Waals surface area contributed by atoms with E-state index in [1.54, 1.807) is 0 Å². The number of benzene rings is 2. The van der Waals surface area contributed by atoms with Crippen molar-refractivity contribution >= 4 is 28.5 Å². The largest absolute Gasteiger partial charge is 0.342 e. The maximum Gasteiger partial charge on any atom is 0.254 e. The van der Waals surface area contributed by atoms with Gasteiger partial charge in [0.2, 0.25) is 0 Å². The van der Waals surface area contributed by atoms with Crippen molar-refractivity contribution in [3.63, 3.8) is 0 Å². The number of imidazole rings is 1. The van der Waals surface area contributed by atoms with Crippen LogP contribution in [0.5, 0.6) is 0 Å². The average molecular weight is 608 g/mol. The molecule has 7 heteroatoms. The number of hydrogen-bond donors (Lipinski definition) is 1. The number of nitrogens with zero attached hydrogens (tertiary/aromatic N) is 4. The van der Waals surface area contributed by atoms with Gasteiger partial charge in [-0.25, -0.2) is 4.98 Å². The van der Waals surface area contributed by atoms with Crippen LogP contribution in [0.1, 0.15) is 69.7 Å². The molecule has 0 saturated carbocycles. The van der Waals surface area contributed by atoms with Crippen LogP contribution in [0.25, 0.3) is 11.4 Å². The summed E-state index contributed by atoms with van der Waals surface area (Å²) in [7, 11) is 0. The van der Waals surface area contributed by atoms with E-state index in [4.69, 9.17) is 10.2 Å². The summed E-state index contributed by atoms with van der Waals surface area (Å²) in [5, 5.41) is 9.05. The lowest BCUT2D eigenvalue weighted by atomic mass is 9.88. The Bertz CT molecular complexity index is 1300. The van der Waals surface area contributed by atoms with E-state index < -0.39 is 0 Å². The van der Waals surface area contributed by atoms with Gasteiger partial charge in [0.1, 0.15) is 5.82 Å². The van der Waals surface area contributed by atoms with Gasteiger partial charge in [-0.3, -0.25) is 9.69 Å². The van der Waals surface area contributed by atoms with Crippen molar-refractivity contribution in [1.82, 2.24) is 19.8 Å². The molecular formula is C30H34IN5O. The molecule has 0 aliphatic carbocycles. The van der Waals surface area contributed by atoms with Gasteiger partial charge in [0, 0.05) is 55.8 Å². The molecule has 0 radical (unpaired) electrons. The Balaban J connectivity index is 1.32. The number of rotatable bonds is 4. The number of halogens is 1. The highest BCUT2D eigenvalue weighted by Gasteiger charge is 2.27. The summed E-state index contributed by atoms with van der Waals surface area (Å²) >= 11 is 2.48. The Kier molecular flexibility index (Phi) is 7.68. The number of likely N-dealkylation sites (tertiary alicyclic amines) is 1. The normalized spacial score (nSPS) is 17.6. The van der Waals surface area contributed by atoms with Crippen LogP contribution < -0.4 is 0 Å². The van der Waals surface area contributed by atoms with Crippen LogP contribution in [-0.4, -0.2) is 55.9 Å². The van der Waals surface area contributed by atoms with Crippen molar-refractivity contribution in [2.45, 2.75) is 56.4 Å². The third-order valence-corrected chi connectivity index (χ3v) is 8.79. The van der Waals surface area contributed by atoms with Crippen molar-refractivity contribution in [2.24, 2.45) is 0 Å². The number of nitriles is 1. The predicted molar refractivity (Wildman–Crippen MR) is 155 cm³/mol. The average Bonchev–Trinajstić information content (AvgIpc) is 3.20. The Morgan fingerprint density at radius 2 is 1.78 bits per heavy atom. The summed E-state index contributed by atoms with van der Waals surface area (Å²) < 4.78 is 0.517. The van der Waals surface area contributed by atoms with E-state index in [2.05, 4.69) is 76.7 Å². The van der Waals surface area contributed by atoms with Crippen LogP contribution in [0, 0.1) is 25.2 Å². The zero-order chi connectivity index (χ0) is 26.1. The van der Waals surface area contributed by atoms with Crippen molar-refractivity contribution in [2.75, 3.05) is 26.2 Å². The van der Waals surface area contributed by atoms with E-state index >= 15 is 0 Å². The van der Waals surface area contributed by atoms with Gasteiger partial charge < -0.3 is 9.88 Å². The van der Waals surface area contributed by atoms with Gasteiger partial charge in [-0.15, -0.1) is 0 Å². The Labute approximate surface area is 233 Å². The zero-order valence-electron chi connectivity index (χ0n) is 21.9. The highest BCUT2D eigenvalue weighted by Crippen LogP contribution is 2.31. The van der Waals surface area contributed by atoms with Crippen molar-refractivity contribution in [1.29, 1.82) is 5.26 Å². The number of alkyl halides is 1. The number of fused-ring (bicyclic) bond motifs is 1. The standard InChI is InChI=1S/C30H34IN5O/c1-19-16-20(2)26(17-25(19)29-33-27-10-14-35(21(3)31)15-11-28(27)34-29)30(37)36-12-8-24(9-13-36)23-6-4-22(18-32)5-7-23/h4-7,16-17,21,24H,8-15H2,1-3H3,(H,33,34). The Hall–Kier alpha value is -2.70. The number of aromatic amines is 1. The van der Waals surface area contributed by atoms with Crippen molar-refractivity contribution in [3.8, 4) is 17.5 Å². The van der Waals surface area contributed by atoms with Crippen LogP contribution in [0.15, 0.2) is 36.4 Å². The molecule has 1 atom stereocenters. The third kappa shape index (κ3) is 5.46. The molecule has 1 amide bonds. The maximum absolute atomic E-state index is 13.6. The van der Waals surface area contributed by atoms with Gasteiger partial charge in [-0.2, -0.15) is 5.26 Å². The first-order valence-corrected chi connectivity index (χ1v) is 14.5. The first kappa shape index (κ1) is 25.9. The second-order valence-corrected chi connectivity index (χ2v) is 12.2. The number of aromatic nitrogens is 2. The minimum atomic E-state index is 0.108. The Morgan fingerprint density at radius 1 is 1.08 bits per heavy atom. The number of piperidine rings is 1. The quantitative estimate of drug-likeness (QED) is 0.232. The minimum absolute atomic E-state index is 0.108. The minimum Gasteiger partial charge on any atom is -0.342 e. The summed E-state index contributed by atoms with van der Waals surface area (Å²) in [4.78, 5) is 26.7. The number of amides is 1. The molecule has 2 aliphatic rings.